The fraction of sp³-hybridized carbons (Fsp3) is 0.345. The van der Waals surface area contributed by atoms with Crippen LogP contribution in [0.4, 0.5) is 0 Å². The molecule has 4 rings (SSSR count). The first-order valence-electron chi connectivity index (χ1n) is 14.5. The summed E-state index contributed by atoms with van der Waals surface area (Å²) in [6.07, 6.45) is 8.17. The minimum absolute atomic E-state index is 0.0122. The number of nitrogens with zero attached hydrogens (tertiary/aromatic N) is 3. The number of carboxylic acid groups (broad SMARTS) is 1. The highest BCUT2D eigenvalue weighted by molar-refractivity contribution is 5.95. The molecule has 0 aliphatic heterocycles. The Kier molecular flexibility index (Phi) is 11.4. The van der Waals surface area contributed by atoms with Crippen LogP contribution in [0.15, 0.2) is 60.5 Å². The number of aromatic amines is 3. The van der Waals surface area contributed by atoms with E-state index in [-0.39, 0.29) is 44.6 Å². The molecule has 0 spiro atoms. The lowest BCUT2D eigenvalue weighted by Crippen LogP contribution is -2.58. The molecular formula is C29H38N12O5. The van der Waals surface area contributed by atoms with E-state index in [0.29, 0.717) is 17.0 Å². The van der Waals surface area contributed by atoms with Crippen LogP contribution in [0, 0.1) is 0 Å². The van der Waals surface area contributed by atoms with E-state index in [9.17, 15) is 24.3 Å². The number of aromatic nitrogens is 5. The quantitative estimate of drug-likeness (QED) is 0.0367. The van der Waals surface area contributed by atoms with E-state index in [2.05, 4.69) is 45.9 Å². The Bertz CT molecular complexity index is 1630. The Balaban J connectivity index is 1.54. The van der Waals surface area contributed by atoms with Gasteiger partial charge < -0.3 is 53.2 Å². The zero-order chi connectivity index (χ0) is 33.1. The molecule has 0 radical (unpaired) electrons. The number of benzene rings is 1. The number of fused-ring (bicyclic) bond motifs is 1. The van der Waals surface area contributed by atoms with Gasteiger partial charge in [0.2, 0.25) is 17.7 Å². The highest BCUT2D eigenvalue weighted by Gasteiger charge is 2.31. The third-order valence-corrected chi connectivity index (χ3v) is 7.24. The summed E-state index contributed by atoms with van der Waals surface area (Å²) in [5.74, 6) is -3.40. The van der Waals surface area contributed by atoms with Gasteiger partial charge in [-0.2, -0.15) is 0 Å². The lowest BCUT2D eigenvalue weighted by atomic mass is 10.0. The second-order valence-corrected chi connectivity index (χ2v) is 10.7. The Labute approximate surface area is 263 Å². The van der Waals surface area contributed by atoms with E-state index in [1.54, 1.807) is 12.4 Å². The molecular weight excluding hydrogens is 596 g/mol. The first-order chi connectivity index (χ1) is 22.1. The van der Waals surface area contributed by atoms with E-state index < -0.39 is 47.9 Å². The summed E-state index contributed by atoms with van der Waals surface area (Å²) in [6, 6.07) is 2.78. The molecule has 17 heteroatoms. The Morgan fingerprint density at radius 2 is 1.43 bits per heavy atom. The molecule has 46 heavy (non-hydrogen) atoms. The number of carboxylic acids is 1. The van der Waals surface area contributed by atoms with Gasteiger partial charge in [-0.1, -0.05) is 18.2 Å². The third kappa shape index (κ3) is 9.39. The summed E-state index contributed by atoms with van der Waals surface area (Å²) in [4.78, 5) is 73.2. The molecule has 13 N–H and O–H groups in total. The van der Waals surface area contributed by atoms with Crippen LogP contribution in [0.3, 0.4) is 0 Å². The number of nitrogens with one attached hydrogen (secondary N) is 6. The molecule has 4 atom stereocenters. The second kappa shape index (κ2) is 15.8. The average Bonchev–Trinajstić information content (AvgIpc) is 3.81. The maximum absolute atomic E-state index is 13.8. The van der Waals surface area contributed by atoms with Gasteiger partial charge in [0.15, 0.2) is 5.96 Å². The van der Waals surface area contributed by atoms with Gasteiger partial charge in [0, 0.05) is 66.7 Å². The summed E-state index contributed by atoms with van der Waals surface area (Å²) >= 11 is 0. The smallest absolute Gasteiger partial charge is 0.326 e. The van der Waals surface area contributed by atoms with Crippen molar-refractivity contribution in [3.05, 3.63) is 72.5 Å². The number of carbonyl (C=O) groups excluding carboxylic acids is 3. The molecule has 0 aliphatic carbocycles. The molecule has 0 saturated heterocycles. The van der Waals surface area contributed by atoms with Gasteiger partial charge in [-0.3, -0.25) is 19.4 Å². The van der Waals surface area contributed by atoms with E-state index >= 15 is 0 Å². The number of carbonyl (C=O) groups is 4. The standard InChI is InChI=1S/C29H38N12O5/c30-20(9-17-12-33-14-37-17)25(42)40-24(10-18-13-34-15-38-18)27(44)41-23(8-16-11-36-21-5-2-1-4-19(16)21)26(43)39-22(28(45)46)6-3-7-35-29(31)32/h1-2,4-5,11-15,20,22-24,36H,3,6-10,30H2,(H,33,37)(H,34,38)(H,39,43)(H,40,42)(H,41,44)(H,45,46)(H4,31,32,35). The van der Waals surface area contributed by atoms with Gasteiger partial charge in [0.05, 0.1) is 18.7 Å². The summed E-state index contributed by atoms with van der Waals surface area (Å²) < 4.78 is 0. The lowest BCUT2D eigenvalue weighted by Gasteiger charge is -2.25. The van der Waals surface area contributed by atoms with Crippen molar-refractivity contribution in [3.8, 4) is 0 Å². The van der Waals surface area contributed by atoms with Crippen LogP contribution >= 0.6 is 0 Å². The van der Waals surface area contributed by atoms with Crippen molar-refractivity contribution in [1.82, 2.24) is 40.9 Å². The molecule has 1 aromatic carbocycles. The van der Waals surface area contributed by atoms with E-state index in [4.69, 9.17) is 17.2 Å². The number of hydrogen-bond acceptors (Lipinski definition) is 8. The number of imidazole rings is 2. The Morgan fingerprint density at radius 3 is 2.07 bits per heavy atom. The SMILES string of the molecule is NC(N)=NCCCC(NC(=O)C(Cc1c[nH]c2ccccc12)NC(=O)C(Cc1cnc[nH]1)NC(=O)C(N)Cc1cnc[nH]1)C(=O)O. The van der Waals surface area contributed by atoms with Crippen molar-refractivity contribution < 1.29 is 24.3 Å². The maximum Gasteiger partial charge on any atom is 0.326 e. The van der Waals surface area contributed by atoms with E-state index in [1.165, 1.54) is 18.9 Å². The number of para-hydroxylation sites is 1. The van der Waals surface area contributed by atoms with Gasteiger partial charge in [0.1, 0.15) is 18.1 Å². The topological polar surface area (TPSA) is 288 Å². The van der Waals surface area contributed by atoms with Crippen molar-refractivity contribution in [2.24, 2.45) is 22.2 Å². The molecule has 4 aromatic rings. The Morgan fingerprint density at radius 1 is 0.826 bits per heavy atom. The van der Waals surface area contributed by atoms with Crippen molar-refractivity contribution in [1.29, 1.82) is 0 Å². The number of hydrogen-bond donors (Lipinski definition) is 10. The van der Waals surface area contributed by atoms with E-state index in [1.807, 2.05) is 24.3 Å². The third-order valence-electron chi connectivity index (χ3n) is 7.24. The van der Waals surface area contributed by atoms with Crippen molar-refractivity contribution in [3.63, 3.8) is 0 Å². The van der Waals surface area contributed by atoms with Gasteiger partial charge in [-0.15, -0.1) is 0 Å². The van der Waals surface area contributed by atoms with Crippen molar-refractivity contribution in [2.75, 3.05) is 6.54 Å². The van der Waals surface area contributed by atoms with Crippen molar-refractivity contribution in [2.45, 2.75) is 56.3 Å². The first-order valence-corrected chi connectivity index (χ1v) is 14.5. The monoisotopic (exact) mass is 634 g/mol. The van der Waals surface area contributed by atoms with Crippen LogP contribution in [-0.4, -0.2) is 90.4 Å². The molecule has 0 fully saturated rings. The average molecular weight is 635 g/mol. The maximum atomic E-state index is 13.8. The summed E-state index contributed by atoms with van der Waals surface area (Å²) in [7, 11) is 0. The Hall–Kier alpha value is -5.71. The van der Waals surface area contributed by atoms with Gasteiger partial charge in [0.25, 0.3) is 0 Å². The van der Waals surface area contributed by atoms with Crippen molar-refractivity contribution >= 4 is 40.6 Å². The lowest BCUT2D eigenvalue weighted by molar-refractivity contribution is -0.142. The minimum atomic E-state index is -1.27. The molecule has 0 saturated carbocycles. The normalized spacial score (nSPS) is 13.7. The highest BCUT2D eigenvalue weighted by atomic mass is 16.4. The fourth-order valence-electron chi connectivity index (χ4n) is 4.87. The van der Waals surface area contributed by atoms with Crippen LogP contribution in [0.2, 0.25) is 0 Å². The zero-order valence-electron chi connectivity index (χ0n) is 24.9. The predicted octanol–water partition coefficient (Wildman–Crippen LogP) is -1.44. The molecule has 3 heterocycles. The zero-order valence-corrected chi connectivity index (χ0v) is 24.9. The predicted molar refractivity (Wildman–Crippen MR) is 168 cm³/mol. The number of nitrogens with two attached hydrogens (primary N) is 3. The summed E-state index contributed by atoms with van der Waals surface area (Å²) in [6.45, 7) is 0.176. The van der Waals surface area contributed by atoms with Crippen LogP contribution in [0.25, 0.3) is 10.9 Å². The fourth-order valence-corrected chi connectivity index (χ4v) is 4.87. The number of guanidine groups is 1. The van der Waals surface area contributed by atoms with Crippen LogP contribution in [0.5, 0.6) is 0 Å². The molecule has 3 amide bonds. The molecule has 4 unspecified atom stereocenters. The van der Waals surface area contributed by atoms with E-state index in [0.717, 1.165) is 10.9 Å². The number of rotatable bonds is 17. The number of aliphatic carboxylic acids is 1. The molecule has 3 aromatic heterocycles. The molecule has 17 nitrogen and oxygen atoms in total. The number of H-pyrrole nitrogens is 3. The van der Waals surface area contributed by atoms with Crippen LogP contribution in [-0.2, 0) is 38.4 Å². The number of aliphatic imine (C=N–C) groups is 1. The van der Waals surface area contributed by atoms with Gasteiger partial charge in [-0.25, -0.2) is 14.8 Å². The number of amides is 3. The van der Waals surface area contributed by atoms with Gasteiger partial charge in [-0.05, 0) is 24.5 Å². The first kappa shape index (κ1) is 33.2. The van der Waals surface area contributed by atoms with Crippen LogP contribution in [0.1, 0.15) is 29.8 Å². The molecule has 0 bridgehead atoms. The second-order valence-electron chi connectivity index (χ2n) is 10.7. The van der Waals surface area contributed by atoms with Gasteiger partial charge >= 0.3 is 5.97 Å². The molecule has 0 aliphatic rings. The minimum Gasteiger partial charge on any atom is -0.480 e. The summed E-state index contributed by atoms with van der Waals surface area (Å²) in [5.41, 5.74) is 19.5. The van der Waals surface area contributed by atoms with Crippen LogP contribution < -0.4 is 33.2 Å². The molecule has 244 valence electrons. The summed E-state index contributed by atoms with van der Waals surface area (Å²) in [5, 5.41) is 18.6. The highest BCUT2D eigenvalue weighted by Crippen LogP contribution is 2.19. The largest absolute Gasteiger partial charge is 0.480 e.